The topological polar surface area (TPSA) is 58.2 Å². The van der Waals surface area contributed by atoms with E-state index in [0.717, 1.165) is 17.5 Å². The summed E-state index contributed by atoms with van der Waals surface area (Å²) in [7, 11) is 0. The second-order valence-corrected chi connectivity index (χ2v) is 7.50. The van der Waals surface area contributed by atoms with E-state index in [0.29, 0.717) is 5.92 Å². The molecule has 0 radical (unpaired) electrons. The van der Waals surface area contributed by atoms with Crippen LogP contribution in [0.1, 0.15) is 62.9 Å². The summed E-state index contributed by atoms with van der Waals surface area (Å²) in [6.07, 6.45) is 1.26. The van der Waals surface area contributed by atoms with Crippen LogP contribution in [0, 0.1) is 5.92 Å². The van der Waals surface area contributed by atoms with Crippen molar-refractivity contribution in [3.05, 3.63) is 71.3 Å². The van der Waals surface area contributed by atoms with Gasteiger partial charge in [-0.15, -0.1) is 0 Å². The number of hydrogen-bond donors (Lipinski definition) is 2. The third-order valence-corrected chi connectivity index (χ3v) is 4.47. The highest BCUT2D eigenvalue weighted by Crippen LogP contribution is 2.19. The fourth-order valence-electron chi connectivity index (χ4n) is 3.17. The molecule has 0 aliphatic heterocycles. The highest BCUT2D eigenvalue weighted by Gasteiger charge is 2.18. The zero-order valence-electron chi connectivity index (χ0n) is 16.7. The Morgan fingerprint density at radius 2 is 1.48 bits per heavy atom. The summed E-state index contributed by atoms with van der Waals surface area (Å²) < 4.78 is 0. The summed E-state index contributed by atoms with van der Waals surface area (Å²) in [6.45, 7) is 7.85. The molecule has 2 aromatic carbocycles. The van der Waals surface area contributed by atoms with E-state index in [1.807, 2.05) is 37.3 Å². The molecule has 0 heterocycles. The molecule has 4 heteroatoms. The monoisotopic (exact) mass is 366 g/mol. The molecule has 27 heavy (non-hydrogen) atoms. The summed E-state index contributed by atoms with van der Waals surface area (Å²) in [5, 5.41) is 5.91. The van der Waals surface area contributed by atoms with Gasteiger partial charge in [-0.1, -0.05) is 68.4 Å². The summed E-state index contributed by atoms with van der Waals surface area (Å²) in [5.74, 6) is 0.387. The molecule has 0 aromatic heterocycles. The van der Waals surface area contributed by atoms with Crippen LogP contribution in [0.5, 0.6) is 0 Å². The van der Waals surface area contributed by atoms with Crippen LogP contribution in [-0.4, -0.2) is 11.8 Å². The van der Waals surface area contributed by atoms with E-state index >= 15 is 0 Å². The first-order valence-electron chi connectivity index (χ1n) is 9.55. The van der Waals surface area contributed by atoms with Crippen LogP contribution >= 0.6 is 0 Å². The highest BCUT2D eigenvalue weighted by atomic mass is 16.2. The van der Waals surface area contributed by atoms with Crippen LogP contribution in [0.4, 0.5) is 0 Å². The summed E-state index contributed by atoms with van der Waals surface area (Å²) in [5.41, 5.74) is 3.31. The van der Waals surface area contributed by atoms with E-state index < -0.39 is 0 Å². The van der Waals surface area contributed by atoms with E-state index in [1.54, 1.807) is 0 Å². The average molecular weight is 367 g/mol. The van der Waals surface area contributed by atoms with Gasteiger partial charge >= 0.3 is 0 Å². The van der Waals surface area contributed by atoms with Gasteiger partial charge in [0.25, 0.3) is 0 Å². The molecule has 0 fully saturated rings. The fourth-order valence-corrected chi connectivity index (χ4v) is 3.17. The van der Waals surface area contributed by atoms with Crippen molar-refractivity contribution in [1.82, 2.24) is 10.6 Å². The summed E-state index contributed by atoms with van der Waals surface area (Å²) in [4.78, 5) is 24.1. The van der Waals surface area contributed by atoms with E-state index in [1.165, 1.54) is 12.5 Å². The summed E-state index contributed by atoms with van der Waals surface area (Å²) >= 11 is 0. The van der Waals surface area contributed by atoms with Crippen molar-refractivity contribution < 1.29 is 9.59 Å². The molecule has 2 N–H and O–H groups in total. The van der Waals surface area contributed by atoms with Gasteiger partial charge in [0.05, 0.1) is 18.5 Å². The smallest absolute Gasteiger partial charge is 0.222 e. The molecule has 0 bridgehead atoms. The van der Waals surface area contributed by atoms with Crippen molar-refractivity contribution in [2.45, 2.75) is 52.6 Å². The number of carbonyl (C=O) groups excluding carboxylic acids is 2. The molecule has 2 aromatic rings. The third kappa shape index (κ3) is 6.89. The second kappa shape index (κ2) is 9.91. The average Bonchev–Trinajstić information content (AvgIpc) is 2.61. The number of rotatable bonds is 8. The van der Waals surface area contributed by atoms with Gasteiger partial charge in [0.2, 0.25) is 11.8 Å². The Bertz CT molecular complexity index is 739. The van der Waals surface area contributed by atoms with Crippen molar-refractivity contribution >= 4 is 11.8 Å². The molecule has 2 rings (SSSR count). The zero-order chi connectivity index (χ0) is 19.8. The van der Waals surface area contributed by atoms with Crippen molar-refractivity contribution in [2.24, 2.45) is 5.92 Å². The lowest BCUT2D eigenvalue weighted by molar-refractivity contribution is -0.123. The number of carbonyl (C=O) groups is 2. The predicted molar refractivity (Wildman–Crippen MR) is 109 cm³/mol. The quantitative estimate of drug-likeness (QED) is 0.730. The molecule has 2 amide bonds. The lowest BCUT2D eigenvalue weighted by Crippen LogP contribution is -2.33. The van der Waals surface area contributed by atoms with Gasteiger partial charge in [0.15, 0.2) is 0 Å². The Balaban J connectivity index is 1.98. The van der Waals surface area contributed by atoms with Gasteiger partial charge in [-0.25, -0.2) is 0 Å². The Labute approximate surface area is 162 Å². The molecular weight excluding hydrogens is 336 g/mol. The SMILES string of the molecule is CC(=O)N[C@@H](CC(=O)N[C@H](C)c1ccc(CC(C)C)cc1)c1ccccc1. The third-order valence-electron chi connectivity index (χ3n) is 4.47. The number of benzene rings is 2. The fraction of sp³-hybridized carbons (Fsp3) is 0.391. The van der Waals surface area contributed by atoms with Gasteiger partial charge in [0, 0.05) is 6.92 Å². The van der Waals surface area contributed by atoms with Crippen molar-refractivity contribution in [2.75, 3.05) is 0 Å². The molecule has 0 saturated heterocycles. The van der Waals surface area contributed by atoms with E-state index in [4.69, 9.17) is 0 Å². The second-order valence-electron chi connectivity index (χ2n) is 7.50. The molecule has 144 valence electrons. The van der Waals surface area contributed by atoms with Gasteiger partial charge < -0.3 is 10.6 Å². The van der Waals surface area contributed by atoms with Gasteiger partial charge in [-0.05, 0) is 36.0 Å². The minimum absolute atomic E-state index is 0.0839. The number of amides is 2. The lowest BCUT2D eigenvalue weighted by Gasteiger charge is -2.20. The van der Waals surface area contributed by atoms with E-state index in [2.05, 4.69) is 48.7 Å². The van der Waals surface area contributed by atoms with E-state index in [-0.39, 0.29) is 30.3 Å². The van der Waals surface area contributed by atoms with Crippen LogP contribution in [0.25, 0.3) is 0 Å². The minimum atomic E-state index is -0.329. The van der Waals surface area contributed by atoms with Gasteiger partial charge in [-0.3, -0.25) is 9.59 Å². The Kier molecular flexibility index (Phi) is 7.59. The normalized spacial score (nSPS) is 13.1. The summed E-state index contributed by atoms with van der Waals surface area (Å²) in [6, 6.07) is 17.6. The van der Waals surface area contributed by atoms with Crippen LogP contribution in [0.2, 0.25) is 0 Å². The van der Waals surface area contributed by atoms with Crippen molar-refractivity contribution in [1.29, 1.82) is 0 Å². The maximum atomic E-state index is 12.5. The van der Waals surface area contributed by atoms with Gasteiger partial charge in [-0.2, -0.15) is 0 Å². The minimum Gasteiger partial charge on any atom is -0.350 e. The lowest BCUT2D eigenvalue weighted by atomic mass is 9.99. The molecule has 2 atom stereocenters. The Morgan fingerprint density at radius 1 is 0.852 bits per heavy atom. The molecule has 0 aliphatic carbocycles. The Morgan fingerprint density at radius 3 is 2.04 bits per heavy atom. The van der Waals surface area contributed by atoms with Crippen molar-refractivity contribution in [3.8, 4) is 0 Å². The van der Waals surface area contributed by atoms with Crippen molar-refractivity contribution in [3.63, 3.8) is 0 Å². The number of nitrogens with one attached hydrogen (secondary N) is 2. The maximum absolute atomic E-state index is 12.5. The molecule has 4 nitrogen and oxygen atoms in total. The number of hydrogen-bond acceptors (Lipinski definition) is 2. The molecule has 0 spiro atoms. The molecular formula is C23H30N2O2. The molecule has 0 unspecified atom stereocenters. The van der Waals surface area contributed by atoms with Crippen LogP contribution in [0.15, 0.2) is 54.6 Å². The van der Waals surface area contributed by atoms with Crippen LogP contribution in [-0.2, 0) is 16.0 Å². The Hall–Kier alpha value is -2.62. The first-order chi connectivity index (χ1) is 12.8. The first-order valence-corrected chi connectivity index (χ1v) is 9.55. The molecule has 0 aliphatic rings. The van der Waals surface area contributed by atoms with Crippen LogP contribution < -0.4 is 10.6 Å². The zero-order valence-corrected chi connectivity index (χ0v) is 16.7. The van der Waals surface area contributed by atoms with Crippen LogP contribution in [0.3, 0.4) is 0 Å². The van der Waals surface area contributed by atoms with Gasteiger partial charge in [0.1, 0.15) is 0 Å². The largest absolute Gasteiger partial charge is 0.350 e. The van der Waals surface area contributed by atoms with E-state index in [9.17, 15) is 9.59 Å². The standard InChI is InChI=1S/C23H30N2O2/c1-16(2)14-19-10-12-20(13-11-19)17(3)24-23(27)15-22(25-18(4)26)21-8-6-5-7-9-21/h5-13,16-17,22H,14-15H2,1-4H3,(H,24,27)(H,25,26)/t17-,22+/m1/s1. The first kappa shape index (κ1) is 20.7. The molecule has 0 saturated carbocycles. The predicted octanol–water partition coefficient (Wildman–Crippen LogP) is 4.33. The highest BCUT2D eigenvalue weighted by molar-refractivity contribution is 5.79. The maximum Gasteiger partial charge on any atom is 0.222 e.